The van der Waals surface area contributed by atoms with E-state index in [-0.39, 0.29) is 0 Å². The van der Waals surface area contributed by atoms with Crippen LogP contribution in [-0.2, 0) is 0 Å². The molecule has 0 saturated carbocycles. The van der Waals surface area contributed by atoms with Crippen molar-refractivity contribution in [3.05, 3.63) is 47.6 Å². The van der Waals surface area contributed by atoms with E-state index >= 15 is 0 Å². The molecule has 0 amide bonds. The Morgan fingerprint density at radius 2 is 2.12 bits per heavy atom. The van der Waals surface area contributed by atoms with Crippen LogP contribution in [0.3, 0.4) is 0 Å². The van der Waals surface area contributed by atoms with Gasteiger partial charge in [-0.05, 0) is 30.3 Å². The summed E-state index contributed by atoms with van der Waals surface area (Å²) in [6.45, 7) is 3.84. The molecule has 0 unspecified atom stereocenters. The van der Waals surface area contributed by atoms with Gasteiger partial charge in [-0.25, -0.2) is 4.98 Å². The Labute approximate surface area is 101 Å². The van der Waals surface area contributed by atoms with Gasteiger partial charge in [-0.15, -0.1) is 0 Å². The summed E-state index contributed by atoms with van der Waals surface area (Å²) >= 11 is 3.49. The van der Waals surface area contributed by atoms with Gasteiger partial charge in [0, 0.05) is 27.6 Å². The third kappa shape index (κ3) is 1.21. The van der Waals surface area contributed by atoms with E-state index in [9.17, 15) is 0 Å². The van der Waals surface area contributed by atoms with Crippen LogP contribution in [0.25, 0.3) is 28.1 Å². The summed E-state index contributed by atoms with van der Waals surface area (Å²) in [7, 11) is 0. The average molecular weight is 273 g/mol. The van der Waals surface area contributed by atoms with E-state index in [0.717, 1.165) is 21.0 Å². The van der Waals surface area contributed by atoms with E-state index in [2.05, 4.69) is 45.7 Å². The quantitative estimate of drug-likeness (QED) is 0.654. The lowest BCUT2D eigenvalue weighted by atomic mass is 10.2. The van der Waals surface area contributed by atoms with Crippen LogP contribution in [0.2, 0.25) is 0 Å². The third-order valence-corrected chi connectivity index (χ3v) is 3.20. The molecule has 2 heterocycles. The Morgan fingerprint density at radius 3 is 2.94 bits per heavy atom. The van der Waals surface area contributed by atoms with E-state index in [1.165, 1.54) is 5.39 Å². The molecule has 3 heteroatoms. The molecule has 0 aliphatic heterocycles. The van der Waals surface area contributed by atoms with Gasteiger partial charge in [0.2, 0.25) is 0 Å². The summed E-state index contributed by atoms with van der Waals surface area (Å²) in [4.78, 5) is 4.40. The first-order chi connectivity index (χ1) is 7.81. The SMILES string of the molecule is C=Cn1c2ccc(Br)cc2c2cccnc21. The molecule has 3 aromatic rings. The number of hydrogen-bond donors (Lipinski definition) is 0. The Hall–Kier alpha value is -1.61. The normalized spacial score (nSPS) is 11.1. The van der Waals surface area contributed by atoms with E-state index in [1.54, 1.807) is 12.4 Å². The van der Waals surface area contributed by atoms with E-state index < -0.39 is 0 Å². The van der Waals surface area contributed by atoms with Gasteiger partial charge < -0.3 is 4.57 Å². The molecule has 0 fully saturated rings. The van der Waals surface area contributed by atoms with Crippen molar-refractivity contribution in [3.8, 4) is 0 Å². The monoisotopic (exact) mass is 272 g/mol. The minimum atomic E-state index is 0.950. The highest BCUT2D eigenvalue weighted by Gasteiger charge is 2.08. The molecule has 0 bridgehead atoms. The number of pyridine rings is 1. The molecule has 0 radical (unpaired) electrons. The van der Waals surface area contributed by atoms with Crippen LogP contribution in [0.5, 0.6) is 0 Å². The van der Waals surface area contributed by atoms with Crippen LogP contribution in [0, 0.1) is 0 Å². The molecular formula is C13H9BrN2. The van der Waals surface area contributed by atoms with Crippen LogP contribution in [0.15, 0.2) is 47.6 Å². The van der Waals surface area contributed by atoms with Gasteiger partial charge in [0.1, 0.15) is 5.65 Å². The Kier molecular flexibility index (Phi) is 2.07. The smallest absolute Gasteiger partial charge is 0.145 e. The van der Waals surface area contributed by atoms with Crippen molar-refractivity contribution in [3.63, 3.8) is 0 Å². The molecule has 0 saturated heterocycles. The lowest BCUT2D eigenvalue weighted by Gasteiger charge is -1.97. The lowest BCUT2D eigenvalue weighted by Crippen LogP contribution is -1.86. The first kappa shape index (κ1) is 9.60. The van der Waals surface area contributed by atoms with Crippen molar-refractivity contribution in [2.24, 2.45) is 0 Å². The number of benzene rings is 1. The zero-order chi connectivity index (χ0) is 11.1. The van der Waals surface area contributed by atoms with E-state index in [4.69, 9.17) is 0 Å². The summed E-state index contributed by atoms with van der Waals surface area (Å²) < 4.78 is 3.09. The Balaban J connectivity index is 2.64. The van der Waals surface area contributed by atoms with Crippen molar-refractivity contribution in [2.45, 2.75) is 0 Å². The maximum absolute atomic E-state index is 4.40. The van der Waals surface area contributed by atoms with Crippen LogP contribution >= 0.6 is 15.9 Å². The number of hydrogen-bond acceptors (Lipinski definition) is 1. The maximum Gasteiger partial charge on any atom is 0.145 e. The molecule has 0 N–H and O–H groups in total. The highest BCUT2D eigenvalue weighted by Crippen LogP contribution is 2.29. The predicted octanol–water partition coefficient (Wildman–Crippen LogP) is 4.05. The molecule has 2 aromatic heterocycles. The first-order valence-electron chi connectivity index (χ1n) is 4.98. The number of nitrogens with zero attached hydrogens (tertiary/aromatic N) is 2. The van der Waals surface area contributed by atoms with Crippen molar-refractivity contribution in [2.75, 3.05) is 0 Å². The van der Waals surface area contributed by atoms with Crippen molar-refractivity contribution in [1.29, 1.82) is 0 Å². The fourth-order valence-electron chi connectivity index (χ4n) is 2.03. The van der Waals surface area contributed by atoms with Gasteiger partial charge in [0.25, 0.3) is 0 Å². The van der Waals surface area contributed by atoms with Gasteiger partial charge in [0.05, 0.1) is 5.52 Å². The summed E-state index contributed by atoms with van der Waals surface area (Å²) in [5.41, 5.74) is 2.08. The summed E-state index contributed by atoms with van der Waals surface area (Å²) in [5, 5.41) is 2.34. The molecule has 0 aliphatic rings. The largest absolute Gasteiger partial charge is 0.301 e. The van der Waals surface area contributed by atoms with Crippen molar-refractivity contribution < 1.29 is 0 Å². The highest BCUT2D eigenvalue weighted by molar-refractivity contribution is 9.10. The summed E-state index contributed by atoms with van der Waals surface area (Å²) in [5.74, 6) is 0. The Morgan fingerprint density at radius 1 is 1.25 bits per heavy atom. The third-order valence-electron chi connectivity index (χ3n) is 2.71. The lowest BCUT2D eigenvalue weighted by molar-refractivity contribution is 1.22. The van der Waals surface area contributed by atoms with Crippen LogP contribution < -0.4 is 0 Å². The predicted molar refractivity (Wildman–Crippen MR) is 71.3 cm³/mol. The molecular weight excluding hydrogens is 264 g/mol. The van der Waals surface area contributed by atoms with Gasteiger partial charge in [0.15, 0.2) is 0 Å². The summed E-state index contributed by atoms with van der Waals surface area (Å²) in [6, 6.07) is 10.2. The zero-order valence-electron chi connectivity index (χ0n) is 8.52. The standard InChI is InChI=1S/C13H9BrN2/c1-2-16-12-6-5-9(14)8-11(12)10-4-3-7-15-13(10)16/h2-8H,1H2. The molecule has 0 atom stereocenters. The molecule has 3 rings (SSSR count). The van der Waals surface area contributed by atoms with Crippen molar-refractivity contribution >= 4 is 44.1 Å². The van der Waals surface area contributed by atoms with Gasteiger partial charge in [-0.3, -0.25) is 0 Å². The Bertz CT molecular complexity index is 698. The fraction of sp³-hybridized carbons (Fsp3) is 0. The van der Waals surface area contributed by atoms with Crippen LogP contribution in [-0.4, -0.2) is 9.55 Å². The topological polar surface area (TPSA) is 17.8 Å². The second-order valence-corrected chi connectivity index (χ2v) is 4.50. The molecule has 0 aliphatic carbocycles. The minimum absolute atomic E-state index is 0.950. The molecule has 16 heavy (non-hydrogen) atoms. The average Bonchev–Trinajstić information content (AvgIpc) is 2.62. The first-order valence-corrected chi connectivity index (χ1v) is 5.77. The highest BCUT2D eigenvalue weighted by atomic mass is 79.9. The second-order valence-electron chi connectivity index (χ2n) is 3.59. The van der Waals surface area contributed by atoms with Crippen LogP contribution in [0.4, 0.5) is 0 Å². The maximum atomic E-state index is 4.40. The number of rotatable bonds is 1. The molecule has 0 spiro atoms. The minimum Gasteiger partial charge on any atom is -0.301 e. The number of aromatic nitrogens is 2. The van der Waals surface area contributed by atoms with E-state index in [0.29, 0.717) is 0 Å². The summed E-state index contributed by atoms with van der Waals surface area (Å²) in [6.07, 6.45) is 3.60. The second kappa shape index (κ2) is 3.46. The molecule has 78 valence electrons. The van der Waals surface area contributed by atoms with Crippen LogP contribution in [0.1, 0.15) is 0 Å². The number of halogens is 1. The fourth-order valence-corrected chi connectivity index (χ4v) is 2.39. The van der Waals surface area contributed by atoms with Gasteiger partial charge in [-0.1, -0.05) is 22.5 Å². The van der Waals surface area contributed by atoms with Crippen molar-refractivity contribution in [1.82, 2.24) is 9.55 Å². The van der Waals surface area contributed by atoms with E-state index in [1.807, 2.05) is 16.7 Å². The van der Waals surface area contributed by atoms with Gasteiger partial charge in [-0.2, -0.15) is 0 Å². The zero-order valence-corrected chi connectivity index (χ0v) is 10.1. The number of fused-ring (bicyclic) bond motifs is 3. The molecule has 1 aromatic carbocycles. The van der Waals surface area contributed by atoms with Gasteiger partial charge >= 0.3 is 0 Å². The molecule has 2 nitrogen and oxygen atoms in total.